The van der Waals surface area contributed by atoms with E-state index in [0.717, 1.165) is 18.2 Å². The molecule has 3 rings (SSSR count). The van der Waals surface area contributed by atoms with Crippen molar-refractivity contribution in [2.45, 2.75) is 23.8 Å². The van der Waals surface area contributed by atoms with E-state index in [0.29, 0.717) is 18.7 Å². The smallest absolute Gasteiger partial charge is 0.338 e. The molecule has 0 spiro atoms. The number of halogens is 1. The molecule has 1 fully saturated rings. The Labute approximate surface area is 160 Å². The summed E-state index contributed by atoms with van der Waals surface area (Å²) in [5.41, 5.74) is -0.683. The van der Waals surface area contributed by atoms with Crippen molar-refractivity contribution in [2.24, 2.45) is 0 Å². The maximum atomic E-state index is 13.5. The molecule has 28 heavy (non-hydrogen) atoms. The SMILES string of the molecule is COc1nccc(OC2CCN(S(=O)(=O)c3ccc(F)c(C(=O)O)c3)CC2)n1. The van der Waals surface area contributed by atoms with Crippen LogP contribution in [-0.4, -0.2) is 60.1 Å². The van der Waals surface area contributed by atoms with Gasteiger partial charge in [0.25, 0.3) is 0 Å². The molecule has 2 heterocycles. The summed E-state index contributed by atoms with van der Waals surface area (Å²) in [7, 11) is -2.50. The Balaban J connectivity index is 1.68. The molecule has 0 amide bonds. The lowest BCUT2D eigenvalue weighted by Gasteiger charge is -2.31. The Bertz CT molecular complexity index is 977. The minimum Gasteiger partial charge on any atom is -0.478 e. The van der Waals surface area contributed by atoms with Crippen LogP contribution in [0, 0.1) is 5.82 Å². The van der Waals surface area contributed by atoms with Crippen LogP contribution < -0.4 is 9.47 Å². The Hall–Kier alpha value is -2.79. The molecule has 1 saturated heterocycles. The number of hydrogen-bond donors (Lipinski definition) is 1. The maximum Gasteiger partial charge on any atom is 0.338 e. The van der Waals surface area contributed by atoms with E-state index >= 15 is 0 Å². The highest BCUT2D eigenvalue weighted by atomic mass is 32.2. The molecule has 0 atom stereocenters. The topological polar surface area (TPSA) is 119 Å². The van der Waals surface area contributed by atoms with Crippen molar-refractivity contribution in [3.8, 4) is 11.9 Å². The van der Waals surface area contributed by atoms with Gasteiger partial charge in [-0.25, -0.2) is 22.6 Å². The minimum absolute atomic E-state index is 0.169. The fourth-order valence-corrected chi connectivity index (χ4v) is 4.32. The van der Waals surface area contributed by atoms with Gasteiger partial charge in [0, 0.05) is 25.4 Å². The predicted molar refractivity (Wildman–Crippen MR) is 94.4 cm³/mol. The van der Waals surface area contributed by atoms with Crippen LogP contribution in [-0.2, 0) is 10.0 Å². The van der Waals surface area contributed by atoms with Crippen LogP contribution in [0.15, 0.2) is 35.4 Å². The largest absolute Gasteiger partial charge is 0.478 e. The van der Waals surface area contributed by atoms with E-state index in [9.17, 15) is 17.6 Å². The van der Waals surface area contributed by atoms with E-state index in [4.69, 9.17) is 14.6 Å². The highest BCUT2D eigenvalue weighted by molar-refractivity contribution is 7.89. The highest BCUT2D eigenvalue weighted by Crippen LogP contribution is 2.25. The number of carboxylic acids is 1. The number of aromatic nitrogens is 2. The molecule has 1 aliphatic heterocycles. The van der Waals surface area contributed by atoms with Crippen LogP contribution in [0.3, 0.4) is 0 Å². The van der Waals surface area contributed by atoms with Gasteiger partial charge in [-0.2, -0.15) is 9.29 Å². The molecule has 150 valence electrons. The summed E-state index contributed by atoms with van der Waals surface area (Å²) in [6, 6.07) is 4.49. The lowest BCUT2D eigenvalue weighted by Crippen LogP contribution is -2.41. The summed E-state index contributed by atoms with van der Waals surface area (Å²) in [5.74, 6) is -2.18. The molecule has 1 aliphatic rings. The van der Waals surface area contributed by atoms with Gasteiger partial charge in [-0.05, 0) is 31.0 Å². The van der Waals surface area contributed by atoms with Gasteiger partial charge >= 0.3 is 12.0 Å². The van der Waals surface area contributed by atoms with Crippen molar-refractivity contribution in [3.63, 3.8) is 0 Å². The Morgan fingerprint density at radius 1 is 1.29 bits per heavy atom. The summed E-state index contributed by atoms with van der Waals surface area (Å²) in [4.78, 5) is 18.7. The number of aromatic carboxylic acids is 1. The van der Waals surface area contributed by atoms with Crippen LogP contribution in [0.5, 0.6) is 11.9 Å². The number of piperidine rings is 1. The third-order valence-corrected chi connectivity index (χ3v) is 6.18. The van der Waals surface area contributed by atoms with Gasteiger partial charge in [0.1, 0.15) is 11.9 Å². The van der Waals surface area contributed by atoms with Crippen molar-refractivity contribution >= 4 is 16.0 Å². The monoisotopic (exact) mass is 411 g/mol. The zero-order valence-electron chi connectivity index (χ0n) is 14.9. The summed E-state index contributed by atoms with van der Waals surface area (Å²) >= 11 is 0. The van der Waals surface area contributed by atoms with Gasteiger partial charge in [-0.15, -0.1) is 0 Å². The molecular weight excluding hydrogens is 393 g/mol. The van der Waals surface area contributed by atoms with E-state index in [1.807, 2.05) is 0 Å². The zero-order valence-corrected chi connectivity index (χ0v) is 15.7. The van der Waals surface area contributed by atoms with E-state index < -0.39 is 27.4 Å². The number of methoxy groups -OCH3 is 1. The normalized spacial score (nSPS) is 15.9. The number of nitrogens with zero attached hydrogens (tertiary/aromatic N) is 3. The van der Waals surface area contributed by atoms with Crippen molar-refractivity contribution in [3.05, 3.63) is 41.8 Å². The lowest BCUT2D eigenvalue weighted by atomic mass is 10.1. The molecule has 9 nitrogen and oxygen atoms in total. The summed E-state index contributed by atoms with van der Waals surface area (Å²) in [6.07, 6.45) is 2.08. The first kappa shape index (κ1) is 20.0. The van der Waals surface area contributed by atoms with Gasteiger partial charge in [0.05, 0.1) is 17.6 Å². The van der Waals surface area contributed by atoms with Gasteiger partial charge in [0.15, 0.2) is 0 Å². The van der Waals surface area contributed by atoms with Gasteiger partial charge in [-0.1, -0.05) is 0 Å². The number of carbonyl (C=O) groups is 1. The molecule has 1 aromatic heterocycles. The first-order valence-electron chi connectivity index (χ1n) is 8.38. The average Bonchev–Trinajstić information content (AvgIpc) is 2.68. The average molecular weight is 411 g/mol. The van der Waals surface area contributed by atoms with E-state index in [-0.39, 0.29) is 30.1 Å². The Morgan fingerprint density at radius 3 is 2.64 bits per heavy atom. The summed E-state index contributed by atoms with van der Waals surface area (Å²) in [5, 5.41) is 8.99. The van der Waals surface area contributed by atoms with Gasteiger partial charge in [0.2, 0.25) is 15.9 Å². The highest BCUT2D eigenvalue weighted by Gasteiger charge is 2.31. The number of rotatable bonds is 6. The van der Waals surface area contributed by atoms with Crippen LogP contribution >= 0.6 is 0 Å². The number of sulfonamides is 1. The second-order valence-electron chi connectivity index (χ2n) is 6.05. The molecule has 0 unspecified atom stereocenters. The second-order valence-corrected chi connectivity index (χ2v) is 7.99. The van der Waals surface area contributed by atoms with Crippen molar-refractivity contribution in [1.29, 1.82) is 0 Å². The quantitative estimate of drug-likeness (QED) is 0.761. The standard InChI is InChI=1S/C17H18FN3O6S/c1-26-17-19-7-4-15(20-17)27-11-5-8-21(9-6-11)28(24,25)12-2-3-14(18)13(10-12)16(22)23/h2-4,7,10-11H,5-6,8-9H2,1H3,(H,22,23). The Kier molecular flexibility index (Phi) is 5.75. The zero-order chi connectivity index (χ0) is 20.3. The minimum atomic E-state index is -3.94. The molecule has 0 aliphatic carbocycles. The third-order valence-electron chi connectivity index (χ3n) is 4.28. The van der Waals surface area contributed by atoms with Crippen molar-refractivity contribution in [1.82, 2.24) is 14.3 Å². The Morgan fingerprint density at radius 2 is 2.00 bits per heavy atom. The number of hydrogen-bond acceptors (Lipinski definition) is 7. The molecule has 2 aromatic rings. The van der Waals surface area contributed by atoms with Crippen LogP contribution in [0.2, 0.25) is 0 Å². The van der Waals surface area contributed by atoms with Crippen molar-refractivity contribution < 1.29 is 32.2 Å². The third kappa shape index (κ3) is 4.20. The second kappa shape index (κ2) is 8.07. The fraction of sp³-hybridized carbons (Fsp3) is 0.353. The number of ether oxygens (including phenoxy) is 2. The van der Waals surface area contributed by atoms with Crippen molar-refractivity contribution in [2.75, 3.05) is 20.2 Å². The van der Waals surface area contributed by atoms with Crippen LogP contribution in [0.1, 0.15) is 23.2 Å². The number of benzene rings is 1. The van der Waals surface area contributed by atoms with E-state index in [1.165, 1.54) is 17.6 Å². The first-order chi connectivity index (χ1) is 13.3. The molecule has 0 saturated carbocycles. The molecule has 11 heteroatoms. The molecule has 0 radical (unpaired) electrons. The molecular formula is C17H18FN3O6S. The van der Waals surface area contributed by atoms with Crippen LogP contribution in [0.4, 0.5) is 4.39 Å². The first-order valence-corrected chi connectivity index (χ1v) is 9.82. The summed E-state index contributed by atoms with van der Waals surface area (Å²) in [6.45, 7) is 0.351. The molecule has 0 bridgehead atoms. The van der Waals surface area contributed by atoms with Gasteiger partial charge < -0.3 is 14.6 Å². The fourth-order valence-electron chi connectivity index (χ4n) is 2.83. The van der Waals surface area contributed by atoms with E-state index in [1.54, 1.807) is 6.07 Å². The molecule has 1 aromatic carbocycles. The molecule has 1 N–H and O–H groups in total. The summed E-state index contributed by atoms with van der Waals surface area (Å²) < 4.78 is 51.0. The van der Waals surface area contributed by atoms with Crippen LogP contribution in [0.25, 0.3) is 0 Å². The lowest BCUT2D eigenvalue weighted by molar-refractivity contribution is 0.0691. The maximum absolute atomic E-state index is 13.5. The predicted octanol–water partition coefficient (Wildman–Crippen LogP) is 1.55. The number of carboxylic acid groups (broad SMARTS) is 1. The van der Waals surface area contributed by atoms with E-state index in [2.05, 4.69) is 9.97 Å². The van der Waals surface area contributed by atoms with Gasteiger partial charge in [-0.3, -0.25) is 0 Å².